The van der Waals surface area contributed by atoms with E-state index in [0.717, 1.165) is 0 Å². The lowest BCUT2D eigenvalue weighted by atomic mass is 9.85. The number of carboxylic acids is 1. The third-order valence-electron chi connectivity index (χ3n) is 2.94. The fourth-order valence-corrected chi connectivity index (χ4v) is 1.44. The van der Waals surface area contributed by atoms with Crippen molar-refractivity contribution in [2.45, 2.75) is 32.7 Å². The summed E-state index contributed by atoms with van der Waals surface area (Å²) < 4.78 is 4.97. The molecule has 1 aromatic rings. The van der Waals surface area contributed by atoms with Crippen LogP contribution in [0.3, 0.4) is 0 Å². The van der Waals surface area contributed by atoms with Gasteiger partial charge in [0.05, 0.1) is 18.2 Å². The van der Waals surface area contributed by atoms with Crippen LogP contribution in [0.2, 0.25) is 0 Å². The Balaban J connectivity index is 2.80. The zero-order valence-electron chi connectivity index (χ0n) is 10.2. The van der Waals surface area contributed by atoms with E-state index in [-0.39, 0.29) is 18.1 Å². The highest BCUT2D eigenvalue weighted by Gasteiger charge is 2.33. The zero-order valence-corrected chi connectivity index (χ0v) is 10.2. The highest BCUT2D eigenvalue weighted by Crippen LogP contribution is 2.21. The van der Waals surface area contributed by atoms with Crippen LogP contribution in [0.25, 0.3) is 0 Å². The lowest BCUT2D eigenvalue weighted by Crippen LogP contribution is -2.51. The third kappa shape index (κ3) is 3.34. The molecule has 0 aromatic carbocycles. The molecule has 1 aromatic heterocycles. The van der Waals surface area contributed by atoms with Gasteiger partial charge in [0.25, 0.3) is 5.91 Å². The number of carboxylic acid groups (broad SMARTS) is 1. The molecule has 1 atom stereocenters. The minimum absolute atomic E-state index is 0.00230. The van der Waals surface area contributed by atoms with Crippen LogP contribution in [-0.2, 0) is 4.79 Å². The van der Waals surface area contributed by atoms with Crippen LogP contribution in [0.5, 0.6) is 0 Å². The van der Waals surface area contributed by atoms with Gasteiger partial charge in [-0.2, -0.15) is 0 Å². The summed E-state index contributed by atoms with van der Waals surface area (Å²) >= 11 is 0. The summed E-state index contributed by atoms with van der Waals surface area (Å²) in [5, 5.41) is 11.6. The molecule has 1 amide bonds. The molecule has 1 heterocycles. The van der Waals surface area contributed by atoms with Gasteiger partial charge in [-0.05, 0) is 25.0 Å². The molecule has 0 aliphatic carbocycles. The first kappa shape index (κ1) is 13.3. The van der Waals surface area contributed by atoms with E-state index in [1.54, 1.807) is 13.0 Å². The molecule has 0 aliphatic rings. The number of furan rings is 1. The number of hydrogen-bond donors (Lipinski definition) is 2. The molecule has 5 nitrogen and oxygen atoms in total. The number of rotatable bonds is 5. The average molecular weight is 239 g/mol. The molecule has 0 aliphatic heterocycles. The van der Waals surface area contributed by atoms with E-state index >= 15 is 0 Å². The molecule has 0 bridgehead atoms. The Labute approximate surface area is 99.8 Å². The Bertz CT molecular complexity index is 397. The molecule has 0 fully saturated rings. The number of aliphatic carboxylic acids is 1. The Morgan fingerprint density at radius 1 is 1.53 bits per heavy atom. The van der Waals surface area contributed by atoms with E-state index < -0.39 is 17.4 Å². The molecule has 0 saturated heterocycles. The maximum absolute atomic E-state index is 11.8. The van der Waals surface area contributed by atoms with Crippen LogP contribution in [0, 0.1) is 5.92 Å². The van der Waals surface area contributed by atoms with Gasteiger partial charge in [0, 0.05) is 0 Å². The van der Waals surface area contributed by atoms with Crippen molar-refractivity contribution < 1.29 is 19.1 Å². The van der Waals surface area contributed by atoms with Gasteiger partial charge >= 0.3 is 5.97 Å². The van der Waals surface area contributed by atoms with Crippen molar-refractivity contribution in [3.8, 4) is 0 Å². The molecule has 0 spiro atoms. The van der Waals surface area contributed by atoms with Crippen molar-refractivity contribution >= 4 is 11.9 Å². The first-order chi connectivity index (χ1) is 7.85. The molecule has 1 unspecified atom stereocenters. The maximum atomic E-state index is 11.8. The van der Waals surface area contributed by atoms with Crippen LogP contribution >= 0.6 is 0 Å². The topological polar surface area (TPSA) is 79.5 Å². The normalized spacial score (nSPS) is 14.4. The Morgan fingerprint density at radius 2 is 2.18 bits per heavy atom. The molecule has 94 valence electrons. The number of hydrogen-bond acceptors (Lipinski definition) is 3. The monoisotopic (exact) mass is 239 g/mol. The van der Waals surface area contributed by atoms with Crippen LogP contribution in [0.15, 0.2) is 22.8 Å². The molecular weight excluding hydrogens is 222 g/mol. The zero-order chi connectivity index (χ0) is 13.1. The van der Waals surface area contributed by atoms with Crippen molar-refractivity contribution in [1.29, 1.82) is 0 Å². The summed E-state index contributed by atoms with van der Waals surface area (Å²) in [4.78, 5) is 22.6. The number of carbonyl (C=O) groups is 2. The Hall–Kier alpha value is -1.78. The van der Waals surface area contributed by atoms with Gasteiger partial charge in [-0.25, -0.2) is 0 Å². The van der Waals surface area contributed by atoms with Crippen LogP contribution < -0.4 is 5.32 Å². The van der Waals surface area contributed by atoms with Crippen molar-refractivity contribution in [3.05, 3.63) is 24.2 Å². The van der Waals surface area contributed by atoms with Crippen molar-refractivity contribution in [3.63, 3.8) is 0 Å². The predicted octanol–water partition coefficient (Wildman–Crippen LogP) is 1.90. The van der Waals surface area contributed by atoms with Crippen molar-refractivity contribution in [2.75, 3.05) is 0 Å². The Kier molecular flexibility index (Phi) is 3.93. The van der Waals surface area contributed by atoms with Gasteiger partial charge in [0.2, 0.25) is 0 Å². The number of amides is 1. The predicted molar refractivity (Wildman–Crippen MR) is 61.7 cm³/mol. The fraction of sp³-hybridized carbons (Fsp3) is 0.500. The SMILES string of the molecule is CC(C)C(C)(CC(=O)O)NC(=O)c1ccco1. The smallest absolute Gasteiger partial charge is 0.305 e. The molecule has 0 radical (unpaired) electrons. The minimum Gasteiger partial charge on any atom is -0.481 e. The van der Waals surface area contributed by atoms with Gasteiger partial charge in [0.1, 0.15) is 0 Å². The van der Waals surface area contributed by atoms with Crippen molar-refractivity contribution in [1.82, 2.24) is 5.32 Å². The molecular formula is C12H17NO4. The molecule has 0 saturated carbocycles. The first-order valence-electron chi connectivity index (χ1n) is 5.43. The first-order valence-corrected chi connectivity index (χ1v) is 5.43. The van der Waals surface area contributed by atoms with Crippen LogP contribution in [0.4, 0.5) is 0 Å². The second-order valence-corrected chi connectivity index (χ2v) is 4.57. The minimum atomic E-state index is -0.944. The summed E-state index contributed by atoms with van der Waals surface area (Å²) in [6, 6.07) is 3.15. The maximum Gasteiger partial charge on any atom is 0.305 e. The third-order valence-corrected chi connectivity index (χ3v) is 2.94. The standard InChI is InChI=1S/C12H17NO4/c1-8(2)12(3,7-10(14)15)13-11(16)9-5-4-6-17-9/h4-6,8H,7H2,1-3H3,(H,13,16)(H,14,15). The summed E-state index contributed by atoms with van der Waals surface area (Å²) in [6.07, 6.45) is 1.27. The van der Waals surface area contributed by atoms with Gasteiger partial charge < -0.3 is 14.8 Å². The number of nitrogens with one attached hydrogen (secondary N) is 1. The summed E-state index contributed by atoms with van der Waals surface area (Å²) in [7, 11) is 0. The molecule has 1 rings (SSSR count). The highest BCUT2D eigenvalue weighted by molar-refractivity contribution is 5.92. The Morgan fingerprint density at radius 3 is 2.59 bits per heavy atom. The van der Waals surface area contributed by atoms with E-state index in [0.29, 0.717) is 0 Å². The average Bonchev–Trinajstić information content (AvgIpc) is 2.68. The van der Waals surface area contributed by atoms with E-state index in [1.807, 2.05) is 13.8 Å². The number of carbonyl (C=O) groups excluding carboxylic acids is 1. The summed E-state index contributed by atoms with van der Waals surface area (Å²) in [6.45, 7) is 5.45. The highest BCUT2D eigenvalue weighted by atomic mass is 16.4. The van der Waals surface area contributed by atoms with E-state index in [2.05, 4.69) is 5.32 Å². The van der Waals surface area contributed by atoms with Crippen molar-refractivity contribution in [2.24, 2.45) is 5.92 Å². The van der Waals surface area contributed by atoms with Gasteiger partial charge in [-0.1, -0.05) is 13.8 Å². The quantitative estimate of drug-likeness (QED) is 0.822. The van der Waals surface area contributed by atoms with Gasteiger partial charge in [-0.3, -0.25) is 9.59 Å². The van der Waals surface area contributed by atoms with E-state index in [9.17, 15) is 9.59 Å². The largest absolute Gasteiger partial charge is 0.481 e. The second-order valence-electron chi connectivity index (χ2n) is 4.57. The molecule has 5 heteroatoms. The lowest BCUT2D eigenvalue weighted by molar-refractivity contribution is -0.138. The van der Waals surface area contributed by atoms with Crippen LogP contribution in [-0.4, -0.2) is 22.5 Å². The molecule has 2 N–H and O–H groups in total. The van der Waals surface area contributed by atoms with Crippen LogP contribution in [0.1, 0.15) is 37.7 Å². The van der Waals surface area contributed by atoms with E-state index in [4.69, 9.17) is 9.52 Å². The fourth-order valence-electron chi connectivity index (χ4n) is 1.44. The van der Waals surface area contributed by atoms with Gasteiger partial charge in [-0.15, -0.1) is 0 Å². The summed E-state index contributed by atoms with van der Waals surface area (Å²) in [5.41, 5.74) is -0.796. The lowest BCUT2D eigenvalue weighted by Gasteiger charge is -2.33. The molecule has 17 heavy (non-hydrogen) atoms. The van der Waals surface area contributed by atoms with E-state index in [1.165, 1.54) is 12.3 Å². The van der Waals surface area contributed by atoms with Gasteiger partial charge in [0.15, 0.2) is 5.76 Å². The second kappa shape index (κ2) is 5.03. The summed E-state index contributed by atoms with van der Waals surface area (Å²) in [5.74, 6) is -1.16.